The minimum Gasteiger partial charge on any atom is -0.278 e. The van der Waals surface area contributed by atoms with Crippen molar-refractivity contribution in [2.45, 2.75) is 19.3 Å². The highest BCUT2D eigenvalue weighted by Crippen LogP contribution is 2.49. The van der Waals surface area contributed by atoms with E-state index in [1.165, 1.54) is 36.9 Å². The highest BCUT2D eigenvalue weighted by Gasteiger charge is 2.38. The lowest BCUT2D eigenvalue weighted by Crippen LogP contribution is -2.33. The van der Waals surface area contributed by atoms with Crippen molar-refractivity contribution in [1.82, 2.24) is 4.98 Å². The molecule has 0 saturated heterocycles. The number of hydrogen-bond acceptors (Lipinski definition) is 4. The molecule has 0 amide bonds. The summed E-state index contributed by atoms with van der Waals surface area (Å²) in [7, 11) is 0. The number of pyridine rings is 1. The Hall–Kier alpha value is -4.02. The van der Waals surface area contributed by atoms with Gasteiger partial charge in [-0.3, -0.25) is 4.90 Å². The number of thiophene rings is 1. The van der Waals surface area contributed by atoms with Crippen molar-refractivity contribution in [3.05, 3.63) is 115 Å². The Kier molecular flexibility index (Phi) is 4.94. The predicted octanol–water partition coefficient (Wildman–Crippen LogP) is 8.64. The van der Waals surface area contributed by atoms with Gasteiger partial charge in [0.05, 0.1) is 5.69 Å². The van der Waals surface area contributed by atoms with E-state index < -0.39 is 0 Å². The van der Waals surface area contributed by atoms with Crippen LogP contribution in [0.15, 0.2) is 114 Å². The second-order valence-electron chi connectivity index (χ2n) is 9.29. The van der Waals surface area contributed by atoms with Gasteiger partial charge < -0.3 is 0 Å². The summed E-state index contributed by atoms with van der Waals surface area (Å²) in [5.74, 6) is 1.58. The first-order chi connectivity index (χ1) is 17.0. The van der Waals surface area contributed by atoms with Crippen LogP contribution < -0.4 is 4.90 Å². The number of hydrogen-bond donors (Lipinski definition) is 0. The minimum absolute atomic E-state index is 0.298. The summed E-state index contributed by atoms with van der Waals surface area (Å²) in [4.78, 5) is 11.1. The number of allylic oxidation sites excluding steroid dienone is 2. The van der Waals surface area contributed by atoms with Crippen LogP contribution in [-0.2, 0) is 5.41 Å². The molecule has 3 nitrogen and oxygen atoms in total. The first-order valence-electron chi connectivity index (χ1n) is 11.6. The molecule has 2 aromatic heterocycles. The summed E-state index contributed by atoms with van der Waals surface area (Å²) in [6.45, 7) is 12.5. The lowest BCUT2D eigenvalue weighted by atomic mass is 9.73. The second-order valence-corrected chi connectivity index (χ2v) is 10.4. The number of aromatic nitrogens is 1. The molecule has 1 aliphatic rings. The van der Waals surface area contributed by atoms with Gasteiger partial charge in [-0.25, -0.2) is 9.98 Å². The number of fused-ring (bicyclic) bond motifs is 4. The summed E-state index contributed by atoms with van der Waals surface area (Å²) in [5, 5.41) is 2.62. The van der Waals surface area contributed by atoms with Gasteiger partial charge in [0.2, 0.25) is 0 Å². The van der Waals surface area contributed by atoms with E-state index >= 15 is 0 Å². The molecule has 0 atom stereocenters. The minimum atomic E-state index is -0.298. The Bertz CT molecular complexity index is 1660. The molecule has 3 heterocycles. The summed E-state index contributed by atoms with van der Waals surface area (Å²) < 4.78 is 2.63. The fourth-order valence-corrected chi connectivity index (χ4v) is 6.28. The smallest absolute Gasteiger partial charge is 0.142 e. The standard InChI is InChI=1S/C31H25N3S/c1-5-24-30(32-4)34(29-12-8-9-17-33-29)26-15-13-21(19-25(26)31(24,2)3)20-14-16-28-23(18-20)22-10-6-7-11-27(22)35-28/h5-19H,1,4H2,2-3H3. The van der Waals surface area contributed by atoms with Crippen molar-refractivity contribution in [2.75, 3.05) is 4.90 Å². The summed E-state index contributed by atoms with van der Waals surface area (Å²) in [6.07, 6.45) is 3.71. The molecule has 0 saturated carbocycles. The zero-order valence-electron chi connectivity index (χ0n) is 19.8. The topological polar surface area (TPSA) is 28.5 Å². The third-order valence-electron chi connectivity index (χ3n) is 6.98. The highest BCUT2D eigenvalue weighted by atomic mass is 32.1. The molecule has 0 unspecified atom stereocenters. The third kappa shape index (κ3) is 3.25. The van der Waals surface area contributed by atoms with Crippen LogP contribution >= 0.6 is 11.3 Å². The van der Waals surface area contributed by atoms with Crippen LogP contribution in [0.25, 0.3) is 31.3 Å². The lowest BCUT2D eigenvalue weighted by molar-refractivity contribution is 0.616. The van der Waals surface area contributed by atoms with E-state index in [2.05, 4.69) is 103 Å². The second kappa shape index (κ2) is 8.03. The Balaban J connectivity index is 1.57. The molecule has 0 N–H and O–H groups in total. The lowest BCUT2D eigenvalue weighted by Gasteiger charge is -2.41. The van der Waals surface area contributed by atoms with E-state index in [9.17, 15) is 0 Å². The van der Waals surface area contributed by atoms with Crippen LogP contribution in [-0.4, -0.2) is 11.7 Å². The van der Waals surface area contributed by atoms with Crippen LogP contribution in [0.4, 0.5) is 11.5 Å². The largest absolute Gasteiger partial charge is 0.278 e. The van der Waals surface area contributed by atoms with Gasteiger partial charge in [-0.2, -0.15) is 0 Å². The number of anilines is 2. The molecule has 0 radical (unpaired) electrons. The van der Waals surface area contributed by atoms with Crippen molar-refractivity contribution in [2.24, 2.45) is 4.99 Å². The third-order valence-corrected chi connectivity index (χ3v) is 8.13. The van der Waals surface area contributed by atoms with Crippen LogP contribution in [0.2, 0.25) is 0 Å². The summed E-state index contributed by atoms with van der Waals surface area (Å²) >= 11 is 1.84. The molecule has 35 heavy (non-hydrogen) atoms. The predicted molar refractivity (Wildman–Crippen MR) is 151 cm³/mol. The number of benzene rings is 3. The van der Waals surface area contributed by atoms with Gasteiger partial charge in [0.15, 0.2) is 0 Å². The van der Waals surface area contributed by atoms with Crippen molar-refractivity contribution in [1.29, 1.82) is 0 Å². The van der Waals surface area contributed by atoms with Crippen LogP contribution in [0.3, 0.4) is 0 Å². The Labute approximate surface area is 209 Å². The molecular formula is C31H25N3S. The van der Waals surface area contributed by atoms with E-state index in [1.54, 1.807) is 6.20 Å². The molecule has 3 aromatic carbocycles. The van der Waals surface area contributed by atoms with E-state index in [4.69, 9.17) is 0 Å². The number of aliphatic imine (C=N–C) groups is 1. The molecular weight excluding hydrogens is 446 g/mol. The van der Waals surface area contributed by atoms with Gasteiger partial charge in [0.1, 0.15) is 11.6 Å². The highest BCUT2D eigenvalue weighted by molar-refractivity contribution is 7.25. The molecule has 5 aromatic rings. The fourth-order valence-electron chi connectivity index (χ4n) is 5.20. The van der Waals surface area contributed by atoms with Gasteiger partial charge in [0, 0.05) is 37.4 Å². The molecule has 0 spiro atoms. The molecule has 0 aliphatic carbocycles. The Morgan fingerprint density at radius 1 is 0.886 bits per heavy atom. The van der Waals surface area contributed by atoms with E-state index in [1.807, 2.05) is 35.6 Å². The average molecular weight is 472 g/mol. The van der Waals surface area contributed by atoms with E-state index in [0.717, 1.165) is 22.9 Å². The maximum Gasteiger partial charge on any atom is 0.142 e. The van der Waals surface area contributed by atoms with Gasteiger partial charge in [-0.1, -0.05) is 62.9 Å². The Morgan fingerprint density at radius 3 is 2.40 bits per heavy atom. The van der Waals surface area contributed by atoms with Crippen molar-refractivity contribution >= 4 is 49.7 Å². The zero-order chi connectivity index (χ0) is 24.2. The normalized spacial score (nSPS) is 14.9. The molecule has 0 bridgehead atoms. The van der Waals surface area contributed by atoms with Crippen molar-refractivity contribution in [3.8, 4) is 11.1 Å². The maximum absolute atomic E-state index is 4.62. The molecule has 1 aliphatic heterocycles. The molecule has 0 fully saturated rings. The number of nitrogens with zero attached hydrogens (tertiary/aromatic N) is 3. The Morgan fingerprint density at radius 2 is 1.63 bits per heavy atom. The van der Waals surface area contributed by atoms with Gasteiger partial charge in [-0.15, -0.1) is 11.3 Å². The van der Waals surface area contributed by atoms with Gasteiger partial charge in [0.25, 0.3) is 0 Å². The average Bonchev–Trinajstić information content (AvgIpc) is 3.26. The quantitative estimate of drug-likeness (QED) is 0.245. The van der Waals surface area contributed by atoms with Crippen molar-refractivity contribution < 1.29 is 0 Å². The van der Waals surface area contributed by atoms with E-state index in [-0.39, 0.29) is 5.41 Å². The zero-order valence-corrected chi connectivity index (χ0v) is 20.6. The van der Waals surface area contributed by atoms with Gasteiger partial charge >= 0.3 is 0 Å². The number of rotatable bonds is 4. The molecule has 4 heteroatoms. The SMILES string of the molecule is C=CC1=C(N=C)N(c2ccccn2)c2ccc(-c3ccc4sc5ccccc5c4c3)cc2C1(C)C. The summed E-state index contributed by atoms with van der Waals surface area (Å²) in [6, 6.07) is 28.0. The first kappa shape index (κ1) is 21.5. The molecule has 6 rings (SSSR count). The van der Waals surface area contributed by atoms with Gasteiger partial charge in [-0.05, 0) is 65.9 Å². The fraction of sp³-hybridized carbons (Fsp3) is 0.0968. The van der Waals surface area contributed by atoms with Crippen LogP contribution in [0.5, 0.6) is 0 Å². The maximum atomic E-state index is 4.62. The first-order valence-corrected chi connectivity index (χ1v) is 12.5. The van der Waals surface area contributed by atoms with E-state index in [0.29, 0.717) is 0 Å². The monoisotopic (exact) mass is 471 g/mol. The summed E-state index contributed by atoms with van der Waals surface area (Å²) in [5.41, 5.74) is 5.40. The van der Waals surface area contributed by atoms with Crippen LogP contribution in [0, 0.1) is 0 Å². The van der Waals surface area contributed by atoms with Crippen molar-refractivity contribution in [3.63, 3.8) is 0 Å². The molecule has 170 valence electrons. The van der Waals surface area contributed by atoms with Crippen LogP contribution in [0.1, 0.15) is 19.4 Å².